The molecule has 1 aromatic rings. The second kappa shape index (κ2) is 7.44. The minimum Gasteiger partial charge on any atom is -0.312 e. The topological polar surface area (TPSA) is 108 Å². The van der Waals surface area contributed by atoms with Crippen molar-refractivity contribution in [1.29, 1.82) is 0 Å². The summed E-state index contributed by atoms with van der Waals surface area (Å²) in [4.78, 5) is 50.5. The van der Waals surface area contributed by atoms with Crippen molar-refractivity contribution >= 4 is 23.6 Å². The molecule has 3 atom stereocenters. The third-order valence-electron chi connectivity index (χ3n) is 5.87. The number of nitrogens with one attached hydrogen (secondary N) is 3. The summed E-state index contributed by atoms with van der Waals surface area (Å²) in [5.74, 6) is -1.90. The number of piperidine rings is 1. The van der Waals surface area contributed by atoms with Gasteiger partial charge in [0.1, 0.15) is 6.04 Å². The first-order valence-corrected chi connectivity index (χ1v) is 9.77. The van der Waals surface area contributed by atoms with Crippen molar-refractivity contribution in [2.45, 2.75) is 57.3 Å². The number of imide groups is 2. The molecule has 2 unspecified atom stereocenters. The van der Waals surface area contributed by atoms with E-state index in [4.69, 9.17) is 0 Å². The van der Waals surface area contributed by atoms with Gasteiger partial charge in [-0.05, 0) is 44.4 Å². The van der Waals surface area contributed by atoms with Gasteiger partial charge in [0.25, 0.3) is 11.8 Å². The minimum absolute atomic E-state index is 0.115. The zero-order valence-electron chi connectivity index (χ0n) is 15.8. The molecule has 4 rings (SSSR count). The molecule has 8 nitrogen and oxygen atoms in total. The molecule has 0 radical (unpaired) electrons. The molecule has 28 heavy (non-hydrogen) atoms. The van der Waals surface area contributed by atoms with Crippen molar-refractivity contribution in [3.05, 3.63) is 34.9 Å². The third kappa shape index (κ3) is 3.22. The Hall–Kier alpha value is -2.58. The Morgan fingerprint density at radius 2 is 2.00 bits per heavy atom. The van der Waals surface area contributed by atoms with Crippen molar-refractivity contribution in [2.75, 3.05) is 6.54 Å². The van der Waals surface area contributed by atoms with Gasteiger partial charge in [-0.3, -0.25) is 29.4 Å². The van der Waals surface area contributed by atoms with Gasteiger partial charge >= 0.3 is 0 Å². The quantitative estimate of drug-likeness (QED) is 0.631. The van der Waals surface area contributed by atoms with Crippen molar-refractivity contribution in [2.24, 2.45) is 0 Å². The summed E-state index contributed by atoms with van der Waals surface area (Å²) in [7, 11) is 0. The van der Waals surface area contributed by atoms with Crippen LogP contribution in [0.15, 0.2) is 18.2 Å². The van der Waals surface area contributed by atoms with Crippen molar-refractivity contribution in [3.8, 4) is 0 Å². The second-order valence-corrected chi connectivity index (χ2v) is 7.66. The van der Waals surface area contributed by atoms with Gasteiger partial charge in [0.15, 0.2) is 0 Å². The minimum atomic E-state index is -0.937. The summed E-state index contributed by atoms with van der Waals surface area (Å²) in [5, 5.41) is 9.12. The predicted molar refractivity (Wildman–Crippen MR) is 100 cm³/mol. The second-order valence-electron chi connectivity index (χ2n) is 7.66. The lowest BCUT2D eigenvalue weighted by atomic mass is 10.0. The van der Waals surface area contributed by atoms with E-state index in [0.717, 1.165) is 29.8 Å². The van der Waals surface area contributed by atoms with Gasteiger partial charge in [-0.25, -0.2) is 0 Å². The van der Waals surface area contributed by atoms with Gasteiger partial charge in [-0.2, -0.15) is 0 Å². The molecule has 4 amide bonds. The Morgan fingerprint density at radius 1 is 1.18 bits per heavy atom. The number of rotatable bonds is 5. The Bertz CT molecular complexity index is 847. The Balaban J connectivity index is 1.54. The van der Waals surface area contributed by atoms with E-state index in [-0.39, 0.29) is 24.8 Å². The van der Waals surface area contributed by atoms with Crippen molar-refractivity contribution in [3.63, 3.8) is 0 Å². The van der Waals surface area contributed by atoms with Crippen molar-refractivity contribution in [1.82, 2.24) is 20.9 Å². The van der Waals surface area contributed by atoms with Gasteiger partial charge < -0.3 is 10.6 Å². The Morgan fingerprint density at radius 3 is 2.71 bits per heavy atom. The fraction of sp³-hybridized carbons (Fsp3) is 0.500. The van der Waals surface area contributed by atoms with Gasteiger partial charge in [0, 0.05) is 25.0 Å². The number of carbonyl (C=O) groups excluding carboxylic acids is 4. The SMILES string of the molecule is CC(NCc1cccc2c1C(=O)N(C1CCC(=O)NC1=O)C2=O)[C@H]1CCCN1. The van der Waals surface area contributed by atoms with Crippen LogP contribution < -0.4 is 16.0 Å². The highest BCUT2D eigenvalue weighted by Gasteiger charge is 2.45. The molecular formula is C20H24N4O4. The first kappa shape index (κ1) is 18.8. The molecule has 0 aromatic heterocycles. The van der Waals surface area contributed by atoms with Crippen LogP contribution in [0.4, 0.5) is 0 Å². The maximum atomic E-state index is 13.1. The van der Waals surface area contributed by atoms with Crippen LogP contribution in [0.1, 0.15) is 58.9 Å². The number of nitrogens with zero attached hydrogens (tertiary/aromatic N) is 1. The zero-order chi connectivity index (χ0) is 19.8. The molecule has 3 aliphatic rings. The molecule has 0 spiro atoms. The first-order valence-electron chi connectivity index (χ1n) is 9.77. The lowest BCUT2D eigenvalue weighted by Crippen LogP contribution is -2.54. The van der Waals surface area contributed by atoms with Gasteiger partial charge in [0.05, 0.1) is 11.1 Å². The van der Waals surface area contributed by atoms with Crippen LogP contribution in [0, 0.1) is 0 Å². The summed E-state index contributed by atoms with van der Waals surface area (Å²) in [6.45, 7) is 3.59. The molecule has 148 valence electrons. The van der Waals surface area contributed by atoms with E-state index in [0.29, 0.717) is 23.7 Å². The molecule has 0 bridgehead atoms. The summed E-state index contributed by atoms with van der Waals surface area (Å²) in [5.41, 5.74) is 1.42. The summed E-state index contributed by atoms with van der Waals surface area (Å²) in [6, 6.07) is 4.90. The maximum Gasteiger partial charge on any atom is 0.262 e. The van der Waals surface area contributed by atoms with Crippen LogP contribution >= 0.6 is 0 Å². The van der Waals surface area contributed by atoms with Gasteiger partial charge in [0.2, 0.25) is 11.8 Å². The highest BCUT2D eigenvalue weighted by Crippen LogP contribution is 2.30. The summed E-state index contributed by atoms with van der Waals surface area (Å²) >= 11 is 0. The molecule has 8 heteroatoms. The zero-order valence-corrected chi connectivity index (χ0v) is 15.8. The monoisotopic (exact) mass is 384 g/mol. The van der Waals surface area contributed by atoms with E-state index in [1.54, 1.807) is 12.1 Å². The maximum absolute atomic E-state index is 13.1. The molecule has 0 aliphatic carbocycles. The van der Waals surface area contributed by atoms with Crippen LogP contribution in [0.2, 0.25) is 0 Å². The number of hydrogen-bond donors (Lipinski definition) is 3. The normalized spacial score (nSPS) is 25.8. The Labute approximate surface area is 163 Å². The van der Waals surface area contributed by atoms with Crippen LogP contribution in [-0.4, -0.2) is 53.2 Å². The first-order chi connectivity index (χ1) is 13.5. The van der Waals surface area contributed by atoms with Crippen molar-refractivity contribution < 1.29 is 19.2 Å². The van der Waals surface area contributed by atoms with Crippen LogP contribution in [0.3, 0.4) is 0 Å². The van der Waals surface area contributed by atoms with E-state index in [9.17, 15) is 19.2 Å². The van der Waals surface area contributed by atoms with Crippen LogP contribution in [0.5, 0.6) is 0 Å². The number of hydrogen-bond acceptors (Lipinski definition) is 6. The molecule has 3 aliphatic heterocycles. The van der Waals surface area contributed by atoms with E-state index in [2.05, 4.69) is 22.9 Å². The van der Waals surface area contributed by atoms with E-state index < -0.39 is 23.8 Å². The lowest BCUT2D eigenvalue weighted by Gasteiger charge is -2.28. The predicted octanol–water partition coefficient (Wildman–Crippen LogP) is 0.318. The van der Waals surface area contributed by atoms with Crippen LogP contribution in [-0.2, 0) is 16.1 Å². The molecule has 1 aromatic carbocycles. The van der Waals surface area contributed by atoms with Gasteiger partial charge in [-0.15, -0.1) is 0 Å². The van der Waals surface area contributed by atoms with E-state index in [1.165, 1.54) is 0 Å². The van der Waals surface area contributed by atoms with Gasteiger partial charge in [-0.1, -0.05) is 12.1 Å². The summed E-state index contributed by atoms with van der Waals surface area (Å²) < 4.78 is 0. The standard InChI is InChI=1S/C20H24N4O4/c1-11(14-6-3-9-21-14)22-10-12-4-2-5-13-17(12)20(28)24(19(13)27)15-7-8-16(25)23-18(15)26/h2,4-5,11,14-15,21-22H,3,6-10H2,1H3,(H,23,25,26)/t11?,14-,15?/m1/s1. The van der Waals surface area contributed by atoms with E-state index >= 15 is 0 Å². The largest absolute Gasteiger partial charge is 0.312 e. The lowest BCUT2D eigenvalue weighted by molar-refractivity contribution is -0.136. The number of benzene rings is 1. The average molecular weight is 384 g/mol. The number of fused-ring (bicyclic) bond motifs is 1. The number of carbonyl (C=O) groups is 4. The molecule has 0 saturated carbocycles. The fourth-order valence-electron chi connectivity index (χ4n) is 4.28. The molecular weight excluding hydrogens is 360 g/mol. The smallest absolute Gasteiger partial charge is 0.262 e. The third-order valence-corrected chi connectivity index (χ3v) is 5.87. The highest BCUT2D eigenvalue weighted by atomic mass is 16.2. The Kier molecular flexibility index (Phi) is 4.99. The summed E-state index contributed by atoms with van der Waals surface area (Å²) in [6.07, 6.45) is 2.55. The fourth-order valence-corrected chi connectivity index (χ4v) is 4.28. The molecule has 3 heterocycles. The molecule has 2 saturated heterocycles. The van der Waals surface area contributed by atoms with Crippen LogP contribution in [0.25, 0.3) is 0 Å². The highest BCUT2D eigenvalue weighted by molar-refractivity contribution is 6.24. The molecule has 2 fully saturated rings. The number of amides is 4. The average Bonchev–Trinajstić information content (AvgIpc) is 3.29. The van der Waals surface area contributed by atoms with E-state index in [1.807, 2.05) is 6.07 Å². The molecule has 3 N–H and O–H groups in total.